The summed E-state index contributed by atoms with van der Waals surface area (Å²) in [6, 6.07) is 0.525. The van der Waals surface area contributed by atoms with Crippen molar-refractivity contribution in [2.45, 2.75) is 38.3 Å². The van der Waals surface area contributed by atoms with Crippen LogP contribution in [0.2, 0.25) is 0 Å². The van der Waals surface area contributed by atoms with Gasteiger partial charge in [0.05, 0.1) is 0 Å². The van der Waals surface area contributed by atoms with Crippen LogP contribution in [0.3, 0.4) is 0 Å². The topological polar surface area (TPSA) is 55.9 Å². The molecule has 3 aliphatic heterocycles. The Morgan fingerprint density at radius 3 is 2.75 bits per heavy atom. The van der Waals surface area contributed by atoms with Crippen LogP contribution < -0.4 is 5.32 Å². The van der Waals surface area contributed by atoms with Crippen molar-refractivity contribution in [2.75, 3.05) is 45.8 Å². The van der Waals surface area contributed by atoms with Gasteiger partial charge in [-0.25, -0.2) is 0 Å². The zero-order valence-electron chi connectivity index (χ0n) is 12.3. The predicted octanol–water partition coefficient (Wildman–Crippen LogP) is -0.305. The third-order valence-corrected chi connectivity index (χ3v) is 6.92. The molecule has 6 nitrogen and oxygen atoms in total. The number of nitrogens with zero attached hydrogens (tertiary/aromatic N) is 3. The number of piperazine rings is 1. The average molecular weight is 302 g/mol. The Morgan fingerprint density at radius 1 is 1.05 bits per heavy atom. The highest BCUT2D eigenvalue weighted by atomic mass is 32.2. The Kier molecular flexibility index (Phi) is 4.33. The number of hydrogen-bond acceptors (Lipinski definition) is 4. The Labute approximate surface area is 122 Å². The van der Waals surface area contributed by atoms with Crippen molar-refractivity contribution < 1.29 is 8.42 Å². The van der Waals surface area contributed by atoms with Crippen LogP contribution in [-0.2, 0) is 10.2 Å². The molecular weight excluding hydrogens is 276 g/mol. The number of fused-ring (bicyclic) bond motifs is 1. The molecule has 3 saturated heterocycles. The molecule has 0 aromatic carbocycles. The smallest absolute Gasteiger partial charge is 0.282 e. The van der Waals surface area contributed by atoms with Crippen LogP contribution >= 0.6 is 0 Å². The fourth-order valence-electron chi connectivity index (χ4n) is 3.68. The Hall–Kier alpha value is -0.210. The lowest BCUT2D eigenvalue weighted by atomic mass is 10.1. The standard InChI is InChI=1S/C13H26N4O2S/c1-12-10-15-7-2-4-13(15)11-17(12)20(18,19)16-8-3-5-14-6-9-16/h12-14H,2-11H2,1H3. The monoisotopic (exact) mass is 302 g/mol. The molecule has 0 aromatic heterocycles. The minimum absolute atomic E-state index is 0.0885. The van der Waals surface area contributed by atoms with E-state index >= 15 is 0 Å². The molecule has 0 saturated carbocycles. The SMILES string of the molecule is CC1CN2CCCC2CN1S(=O)(=O)N1CCCNCC1. The van der Waals surface area contributed by atoms with Crippen LogP contribution in [0.1, 0.15) is 26.2 Å². The first-order chi connectivity index (χ1) is 9.59. The van der Waals surface area contributed by atoms with Crippen LogP contribution in [0, 0.1) is 0 Å². The van der Waals surface area contributed by atoms with Crippen molar-refractivity contribution >= 4 is 10.2 Å². The van der Waals surface area contributed by atoms with Crippen molar-refractivity contribution in [3.63, 3.8) is 0 Å². The van der Waals surface area contributed by atoms with Gasteiger partial charge in [0.2, 0.25) is 0 Å². The van der Waals surface area contributed by atoms with Crippen LogP contribution in [0.4, 0.5) is 0 Å². The maximum atomic E-state index is 12.9. The van der Waals surface area contributed by atoms with Crippen LogP contribution in [0.5, 0.6) is 0 Å². The largest absolute Gasteiger partial charge is 0.315 e. The van der Waals surface area contributed by atoms with Gasteiger partial charge in [0, 0.05) is 44.8 Å². The summed E-state index contributed by atoms with van der Waals surface area (Å²) in [6.07, 6.45) is 3.25. The zero-order chi connectivity index (χ0) is 14.2. The van der Waals surface area contributed by atoms with Crippen molar-refractivity contribution in [2.24, 2.45) is 0 Å². The first kappa shape index (κ1) is 14.7. The van der Waals surface area contributed by atoms with Gasteiger partial charge >= 0.3 is 0 Å². The van der Waals surface area contributed by atoms with E-state index in [1.807, 2.05) is 6.92 Å². The summed E-state index contributed by atoms with van der Waals surface area (Å²) in [5, 5.41) is 3.27. The molecule has 3 heterocycles. The molecule has 20 heavy (non-hydrogen) atoms. The van der Waals surface area contributed by atoms with E-state index in [9.17, 15) is 8.42 Å². The minimum atomic E-state index is -3.30. The Balaban J connectivity index is 1.75. The molecule has 0 aromatic rings. The van der Waals surface area contributed by atoms with Gasteiger partial charge in [-0.05, 0) is 39.3 Å². The van der Waals surface area contributed by atoms with Gasteiger partial charge in [-0.15, -0.1) is 0 Å². The third-order valence-electron chi connectivity index (χ3n) is 4.80. The average Bonchev–Trinajstić information content (AvgIpc) is 2.69. The lowest BCUT2D eigenvalue weighted by molar-refractivity contribution is 0.111. The second kappa shape index (κ2) is 5.88. The highest BCUT2D eigenvalue weighted by molar-refractivity contribution is 7.86. The van der Waals surface area contributed by atoms with Crippen molar-refractivity contribution in [1.82, 2.24) is 18.8 Å². The molecule has 3 aliphatic rings. The quantitative estimate of drug-likeness (QED) is 0.761. The summed E-state index contributed by atoms with van der Waals surface area (Å²) in [6.45, 7) is 7.66. The molecule has 0 aliphatic carbocycles. The minimum Gasteiger partial charge on any atom is -0.315 e. The van der Waals surface area contributed by atoms with Crippen LogP contribution in [-0.4, -0.2) is 79.8 Å². The van der Waals surface area contributed by atoms with E-state index < -0.39 is 10.2 Å². The predicted molar refractivity (Wildman–Crippen MR) is 78.7 cm³/mol. The van der Waals surface area contributed by atoms with Crippen molar-refractivity contribution in [3.8, 4) is 0 Å². The molecular formula is C13H26N4O2S. The second-order valence-corrected chi connectivity index (χ2v) is 8.10. The fraction of sp³-hybridized carbons (Fsp3) is 1.00. The molecule has 0 amide bonds. The maximum Gasteiger partial charge on any atom is 0.282 e. The van der Waals surface area contributed by atoms with Gasteiger partial charge in [0.1, 0.15) is 0 Å². The van der Waals surface area contributed by atoms with Crippen LogP contribution in [0.15, 0.2) is 0 Å². The molecule has 0 radical (unpaired) electrons. The molecule has 2 atom stereocenters. The molecule has 1 N–H and O–H groups in total. The first-order valence-electron chi connectivity index (χ1n) is 7.81. The van der Waals surface area contributed by atoms with Gasteiger partial charge in [-0.1, -0.05) is 0 Å². The lowest BCUT2D eigenvalue weighted by Gasteiger charge is -2.42. The maximum absolute atomic E-state index is 12.9. The van der Waals surface area contributed by atoms with Crippen LogP contribution in [0.25, 0.3) is 0 Å². The summed E-state index contributed by atoms with van der Waals surface area (Å²) in [4.78, 5) is 2.46. The summed E-state index contributed by atoms with van der Waals surface area (Å²) in [5.74, 6) is 0. The van der Waals surface area contributed by atoms with E-state index in [0.717, 1.165) is 39.0 Å². The summed E-state index contributed by atoms with van der Waals surface area (Å²) in [5.41, 5.74) is 0. The van der Waals surface area contributed by atoms with Gasteiger partial charge in [0.15, 0.2) is 0 Å². The van der Waals surface area contributed by atoms with Gasteiger partial charge in [-0.3, -0.25) is 4.90 Å². The summed E-state index contributed by atoms with van der Waals surface area (Å²) in [7, 11) is -3.30. The molecule has 2 unspecified atom stereocenters. The molecule has 3 rings (SSSR count). The van der Waals surface area contributed by atoms with E-state index in [2.05, 4.69) is 10.2 Å². The number of nitrogens with one attached hydrogen (secondary N) is 1. The Morgan fingerprint density at radius 2 is 1.90 bits per heavy atom. The van der Waals surface area contributed by atoms with Gasteiger partial charge < -0.3 is 5.32 Å². The van der Waals surface area contributed by atoms with Crippen molar-refractivity contribution in [1.29, 1.82) is 0 Å². The molecule has 0 bridgehead atoms. The second-order valence-electron chi connectivity index (χ2n) is 6.22. The fourth-order valence-corrected chi connectivity index (χ4v) is 5.54. The zero-order valence-corrected chi connectivity index (χ0v) is 13.1. The Bertz CT molecular complexity index is 434. The summed E-state index contributed by atoms with van der Waals surface area (Å²) >= 11 is 0. The van der Waals surface area contributed by atoms with Gasteiger partial charge in [0.25, 0.3) is 10.2 Å². The molecule has 116 valence electrons. The highest BCUT2D eigenvalue weighted by Gasteiger charge is 2.41. The molecule has 0 spiro atoms. The van der Waals surface area contributed by atoms with E-state index in [1.165, 1.54) is 6.42 Å². The van der Waals surface area contributed by atoms with E-state index in [-0.39, 0.29) is 6.04 Å². The number of hydrogen-bond donors (Lipinski definition) is 1. The normalized spacial score (nSPS) is 34.9. The van der Waals surface area contributed by atoms with E-state index in [1.54, 1.807) is 8.61 Å². The highest BCUT2D eigenvalue weighted by Crippen LogP contribution is 2.27. The van der Waals surface area contributed by atoms with E-state index in [0.29, 0.717) is 25.7 Å². The van der Waals surface area contributed by atoms with Crippen molar-refractivity contribution in [3.05, 3.63) is 0 Å². The molecule has 7 heteroatoms. The molecule has 3 fully saturated rings. The van der Waals surface area contributed by atoms with E-state index in [4.69, 9.17) is 0 Å². The number of rotatable bonds is 2. The van der Waals surface area contributed by atoms with Gasteiger partial charge in [-0.2, -0.15) is 17.0 Å². The first-order valence-corrected chi connectivity index (χ1v) is 9.20. The lowest BCUT2D eigenvalue weighted by Crippen LogP contribution is -2.59. The summed E-state index contributed by atoms with van der Waals surface area (Å²) < 4.78 is 29.2. The third kappa shape index (κ3) is 2.74.